The van der Waals surface area contributed by atoms with Crippen molar-refractivity contribution < 1.29 is 19.3 Å². The second kappa shape index (κ2) is 14.5. The molecular formula is C46H32N6O6. The lowest BCUT2D eigenvalue weighted by molar-refractivity contribution is -0.385. The van der Waals surface area contributed by atoms with Crippen molar-refractivity contribution in [2.75, 3.05) is 14.2 Å². The van der Waals surface area contributed by atoms with Crippen LogP contribution in [0.1, 0.15) is 22.8 Å². The van der Waals surface area contributed by atoms with Crippen LogP contribution in [-0.4, -0.2) is 44.0 Å². The Bertz CT molecular complexity index is 2830. The van der Waals surface area contributed by atoms with Gasteiger partial charge in [0, 0.05) is 68.6 Å². The van der Waals surface area contributed by atoms with E-state index in [0.29, 0.717) is 34.3 Å². The quantitative estimate of drug-likeness (QED) is 0.114. The third-order valence-corrected chi connectivity index (χ3v) is 10.2. The molecule has 2 aliphatic heterocycles. The molecule has 2 N–H and O–H groups in total. The van der Waals surface area contributed by atoms with Crippen molar-refractivity contribution in [3.63, 3.8) is 0 Å². The zero-order chi connectivity index (χ0) is 39.9. The normalized spacial score (nSPS) is 11.8. The topological polar surface area (TPSA) is 162 Å². The van der Waals surface area contributed by atoms with Gasteiger partial charge >= 0.3 is 0 Å². The smallest absolute Gasteiger partial charge is 0.269 e. The number of fused-ring (bicyclic) bond motifs is 8. The van der Waals surface area contributed by atoms with Crippen molar-refractivity contribution in [2.45, 2.75) is 0 Å². The first-order valence-electron chi connectivity index (χ1n) is 18.2. The number of nitrogens with zero attached hydrogens (tertiary/aromatic N) is 4. The number of nitrogens with one attached hydrogen (secondary N) is 2. The van der Waals surface area contributed by atoms with Crippen LogP contribution in [0.3, 0.4) is 0 Å². The maximum atomic E-state index is 11.7. The molecule has 7 aromatic rings. The van der Waals surface area contributed by atoms with E-state index in [4.69, 9.17) is 19.4 Å². The van der Waals surface area contributed by atoms with Gasteiger partial charge < -0.3 is 19.4 Å². The van der Waals surface area contributed by atoms with E-state index in [1.807, 2.05) is 97.1 Å². The Hall–Kier alpha value is -8.12. The van der Waals surface area contributed by atoms with E-state index < -0.39 is 9.85 Å². The van der Waals surface area contributed by atoms with Crippen LogP contribution in [-0.2, 0) is 0 Å². The minimum absolute atomic E-state index is 0.0197. The SMILES string of the molecule is COc1cccc(-c2c3nc(c(-c4ccc([N+](=O)[O-])cc4)c4ccc([nH]4)c(-c4cccc(OC)c4)c4nc(c(-c5ccc([N+](=O)[O-])cc5)c5ccc2[nH]5)C=C4)C=C3)c1. The Morgan fingerprint density at radius 3 is 1.09 bits per heavy atom. The molecule has 0 atom stereocenters. The van der Waals surface area contributed by atoms with Crippen LogP contribution in [0, 0.1) is 20.2 Å². The second-order valence-electron chi connectivity index (χ2n) is 13.6. The molecule has 58 heavy (non-hydrogen) atoms. The highest BCUT2D eigenvalue weighted by Crippen LogP contribution is 2.39. The van der Waals surface area contributed by atoms with Gasteiger partial charge in [0.2, 0.25) is 0 Å². The number of H-pyrrole nitrogens is 2. The second-order valence-corrected chi connectivity index (χ2v) is 13.6. The van der Waals surface area contributed by atoms with Crippen LogP contribution in [0.4, 0.5) is 11.4 Å². The van der Waals surface area contributed by atoms with Crippen molar-refractivity contribution in [2.24, 2.45) is 0 Å². The van der Waals surface area contributed by atoms with Crippen molar-refractivity contribution in [3.8, 4) is 56.0 Å². The van der Waals surface area contributed by atoms with Gasteiger partial charge in [-0.3, -0.25) is 20.2 Å². The molecule has 0 radical (unpaired) electrons. The molecule has 0 spiro atoms. The summed E-state index contributed by atoms with van der Waals surface area (Å²) < 4.78 is 11.3. The van der Waals surface area contributed by atoms with Gasteiger partial charge in [-0.25, -0.2) is 9.97 Å². The predicted octanol–water partition coefficient (Wildman–Crippen LogP) is 11.2. The van der Waals surface area contributed by atoms with E-state index in [-0.39, 0.29) is 11.4 Å². The van der Waals surface area contributed by atoms with E-state index >= 15 is 0 Å². The van der Waals surface area contributed by atoms with Gasteiger partial charge in [0.25, 0.3) is 11.4 Å². The van der Waals surface area contributed by atoms with E-state index in [2.05, 4.69) is 9.97 Å². The van der Waals surface area contributed by atoms with Gasteiger partial charge in [-0.05, 0) is 119 Å². The van der Waals surface area contributed by atoms with Gasteiger partial charge in [-0.2, -0.15) is 0 Å². The maximum Gasteiger partial charge on any atom is 0.269 e. The Labute approximate surface area is 330 Å². The third-order valence-electron chi connectivity index (χ3n) is 10.2. The molecule has 3 aromatic heterocycles. The lowest BCUT2D eigenvalue weighted by atomic mass is 10.0. The third kappa shape index (κ3) is 6.43. The first kappa shape index (κ1) is 35.6. The van der Waals surface area contributed by atoms with Crippen molar-refractivity contribution >= 4 is 57.7 Å². The lowest BCUT2D eigenvalue weighted by Crippen LogP contribution is -1.91. The van der Waals surface area contributed by atoms with Gasteiger partial charge in [-0.15, -0.1) is 0 Å². The summed E-state index contributed by atoms with van der Waals surface area (Å²) in [5.41, 5.74) is 11.8. The molecule has 12 heteroatoms. The number of hydrogen-bond donors (Lipinski definition) is 2. The first-order chi connectivity index (χ1) is 28.3. The molecule has 282 valence electrons. The number of nitro groups is 2. The molecule has 0 aliphatic carbocycles. The van der Waals surface area contributed by atoms with Gasteiger partial charge in [0.15, 0.2) is 0 Å². The fourth-order valence-corrected chi connectivity index (χ4v) is 7.48. The number of non-ortho nitro benzene ring substituents is 2. The summed E-state index contributed by atoms with van der Waals surface area (Å²) in [6, 6.07) is 36.3. The molecule has 0 fully saturated rings. The Morgan fingerprint density at radius 1 is 0.448 bits per heavy atom. The first-order valence-corrected chi connectivity index (χ1v) is 18.2. The highest BCUT2D eigenvalue weighted by Gasteiger charge is 2.20. The van der Waals surface area contributed by atoms with Crippen LogP contribution in [0.2, 0.25) is 0 Å². The highest BCUT2D eigenvalue weighted by molar-refractivity contribution is 6.00. The molecule has 2 aliphatic rings. The molecule has 0 saturated heterocycles. The number of methoxy groups -OCH3 is 2. The molecule has 0 amide bonds. The number of aromatic amines is 2. The largest absolute Gasteiger partial charge is 0.497 e. The van der Waals surface area contributed by atoms with E-state index in [1.54, 1.807) is 38.5 Å². The molecule has 5 heterocycles. The van der Waals surface area contributed by atoms with Gasteiger partial charge in [0.1, 0.15) is 11.5 Å². The van der Waals surface area contributed by atoms with Crippen LogP contribution >= 0.6 is 0 Å². The summed E-state index contributed by atoms with van der Waals surface area (Å²) in [5.74, 6) is 1.34. The Morgan fingerprint density at radius 2 is 0.776 bits per heavy atom. The molecular weight excluding hydrogens is 733 g/mol. The number of nitro benzene ring substituents is 2. The number of aromatic nitrogens is 4. The van der Waals surface area contributed by atoms with E-state index in [9.17, 15) is 20.2 Å². The minimum atomic E-state index is -0.417. The number of rotatable bonds is 8. The summed E-state index contributed by atoms with van der Waals surface area (Å²) >= 11 is 0. The minimum Gasteiger partial charge on any atom is -0.497 e. The van der Waals surface area contributed by atoms with Crippen LogP contribution in [0.25, 0.3) is 90.9 Å². The standard InChI is InChI=1S/C46H32N6O6/c1-57-33-7-3-5-29(25-33)45-39-21-17-35(47-39)43(27-9-13-31(14-10-27)51(53)54)37-19-23-41(49-37)46(30-6-4-8-34(26-30)58-2)42-24-20-38(50-42)44(36-18-22-40(45)48-36)28-11-15-32(16-12-28)52(55)56/h3-26,47,50H,1-2H3. The fourth-order valence-electron chi connectivity index (χ4n) is 7.48. The zero-order valence-corrected chi connectivity index (χ0v) is 31.1. The molecule has 9 rings (SSSR count). The number of ether oxygens (including phenoxy) is 2. The summed E-state index contributed by atoms with van der Waals surface area (Å²) in [7, 11) is 3.24. The maximum absolute atomic E-state index is 11.7. The van der Waals surface area contributed by atoms with Crippen molar-refractivity contribution in [3.05, 3.63) is 164 Å². The monoisotopic (exact) mass is 764 g/mol. The highest BCUT2D eigenvalue weighted by atomic mass is 16.6. The zero-order valence-electron chi connectivity index (χ0n) is 31.1. The Balaban J connectivity index is 1.45. The summed E-state index contributed by atoms with van der Waals surface area (Å²) in [5, 5.41) is 23.3. The molecule has 0 unspecified atom stereocenters. The lowest BCUT2D eigenvalue weighted by Gasteiger charge is -2.08. The van der Waals surface area contributed by atoms with E-state index in [1.165, 1.54) is 24.3 Å². The van der Waals surface area contributed by atoms with Crippen molar-refractivity contribution in [1.29, 1.82) is 0 Å². The molecule has 8 bridgehead atoms. The van der Waals surface area contributed by atoms with Crippen LogP contribution < -0.4 is 9.47 Å². The molecule has 4 aromatic carbocycles. The van der Waals surface area contributed by atoms with Crippen LogP contribution in [0.5, 0.6) is 11.5 Å². The van der Waals surface area contributed by atoms with Gasteiger partial charge in [-0.1, -0.05) is 24.3 Å². The van der Waals surface area contributed by atoms with E-state index in [0.717, 1.165) is 66.6 Å². The molecule has 0 saturated carbocycles. The van der Waals surface area contributed by atoms with Crippen molar-refractivity contribution in [1.82, 2.24) is 19.9 Å². The van der Waals surface area contributed by atoms with Gasteiger partial charge in [0.05, 0.1) is 46.8 Å². The fraction of sp³-hybridized carbons (Fsp3) is 0.0435. The summed E-state index contributed by atoms with van der Waals surface area (Å²) in [6.45, 7) is 0. The molecule has 12 nitrogen and oxygen atoms in total. The number of hydrogen-bond acceptors (Lipinski definition) is 8. The summed E-state index contributed by atoms with van der Waals surface area (Å²) in [6.07, 6.45) is 7.80. The summed E-state index contributed by atoms with van der Waals surface area (Å²) in [4.78, 5) is 40.3. The average molecular weight is 765 g/mol. The average Bonchev–Trinajstić information content (AvgIpc) is 4.09. The predicted molar refractivity (Wildman–Crippen MR) is 227 cm³/mol. The number of benzene rings is 4. The van der Waals surface area contributed by atoms with Crippen LogP contribution in [0.15, 0.2) is 121 Å². The Kier molecular flexibility index (Phi) is 8.90.